The average molecular weight is 304 g/mol. The number of hydrogen-bond acceptors (Lipinski definition) is 2. The van der Waals surface area contributed by atoms with E-state index in [1.165, 1.54) is 0 Å². The zero-order valence-corrected chi connectivity index (χ0v) is 12.9. The van der Waals surface area contributed by atoms with E-state index in [9.17, 15) is 4.79 Å². The van der Waals surface area contributed by atoms with Gasteiger partial charge in [0.1, 0.15) is 0 Å². The molecule has 0 spiro atoms. The number of carbonyl (C=O) groups is 1. The van der Waals surface area contributed by atoms with Crippen molar-refractivity contribution < 1.29 is 4.79 Å². The SMILES string of the molecule is CC(C)c1c(C(=O)NC2CC2)cnn1-c1cccc(Cl)c1. The molecule has 3 rings (SSSR count). The van der Waals surface area contributed by atoms with Gasteiger partial charge in [0.2, 0.25) is 0 Å². The van der Waals surface area contributed by atoms with E-state index in [4.69, 9.17) is 11.6 Å². The van der Waals surface area contributed by atoms with Crippen LogP contribution in [0.2, 0.25) is 5.02 Å². The van der Waals surface area contributed by atoms with E-state index in [0.29, 0.717) is 16.6 Å². The Morgan fingerprint density at radius 2 is 2.19 bits per heavy atom. The molecule has 1 heterocycles. The van der Waals surface area contributed by atoms with Crippen LogP contribution in [-0.4, -0.2) is 21.7 Å². The first-order chi connectivity index (χ1) is 10.1. The number of carbonyl (C=O) groups excluding carboxylic acids is 1. The Hall–Kier alpha value is -1.81. The largest absolute Gasteiger partial charge is 0.349 e. The molecule has 0 bridgehead atoms. The molecule has 0 radical (unpaired) electrons. The summed E-state index contributed by atoms with van der Waals surface area (Å²) in [6.07, 6.45) is 3.80. The van der Waals surface area contributed by atoms with Crippen molar-refractivity contribution in [2.45, 2.75) is 38.6 Å². The first-order valence-corrected chi connectivity index (χ1v) is 7.59. The second kappa shape index (κ2) is 5.53. The molecule has 21 heavy (non-hydrogen) atoms. The van der Waals surface area contributed by atoms with E-state index in [2.05, 4.69) is 24.3 Å². The summed E-state index contributed by atoms with van der Waals surface area (Å²) in [6, 6.07) is 7.83. The van der Waals surface area contributed by atoms with Gasteiger partial charge in [0.15, 0.2) is 0 Å². The van der Waals surface area contributed by atoms with E-state index >= 15 is 0 Å². The smallest absolute Gasteiger partial charge is 0.255 e. The Morgan fingerprint density at radius 3 is 2.81 bits per heavy atom. The molecule has 1 amide bonds. The van der Waals surface area contributed by atoms with Crippen LogP contribution in [0.4, 0.5) is 0 Å². The topological polar surface area (TPSA) is 46.9 Å². The van der Waals surface area contributed by atoms with Gasteiger partial charge in [-0.1, -0.05) is 31.5 Å². The van der Waals surface area contributed by atoms with Gasteiger partial charge in [0.25, 0.3) is 5.91 Å². The fraction of sp³-hybridized carbons (Fsp3) is 0.375. The molecule has 0 unspecified atom stereocenters. The third-order valence-electron chi connectivity index (χ3n) is 3.56. The van der Waals surface area contributed by atoms with Crippen LogP contribution in [0.25, 0.3) is 5.69 Å². The number of rotatable bonds is 4. The summed E-state index contributed by atoms with van der Waals surface area (Å²) in [4.78, 5) is 12.3. The van der Waals surface area contributed by atoms with Crippen LogP contribution in [0.3, 0.4) is 0 Å². The minimum atomic E-state index is -0.0329. The van der Waals surface area contributed by atoms with Crippen LogP contribution in [0, 0.1) is 0 Å². The van der Waals surface area contributed by atoms with Crippen molar-refractivity contribution >= 4 is 17.5 Å². The molecule has 1 fully saturated rings. The summed E-state index contributed by atoms with van der Waals surface area (Å²) >= 11 is 6.05. The van der Waals surface area contributed by atoms with Crippen LogP contribution in [0.1, 0.15) is 48.7 Å². The van der Waals surface area contributed by atoms with Gasteiger partial charge in [-0.15, -0.1) is 0 Å². The van der Waals surface area contributed by atoms with Crippen LogP contribution >= 0.6 is 11.6 Å². The first-order valence-electron chi connectivity index (χ1n) is 7.21. The average Bonchev–Trinajstić information content (AvgIpc) is 3.13. The number of nitrogens with zero attached hydrogens (tertiary/aromatic N) is 2. The van der Waals surface area contributed by atoms with Gasteiger partial charge >= 0.3 is 0 Å². The van der Waals surface area contributed by atoms with Crippen LogP contribution in [0.5, 0.6) is 0 Å². The zero-order valence-electron chi connectivity index (χ0n) is 12.1. The van der Waals surface area contributed by atoms with Crippen LogP contribution < -0.4 is 5.32 Å². The van der Waals surface area contributed by atoms with Gasteiger partial charge in [0.05, 0.1) is 23.1 Å². The standard InChI is InChI=1S/C16H18ClN3O/c1-10(2)15-14(16(21)19-12-6-7-12)9-18-20(15)13-5-3-4-11(17)8-13/h3-5,8-10,12H,6-7H2,1-2H3,(H,19,21). The Kier molecular flexibility index (Phi) is 3.72. The summed E-state index contributed by atoms with van der Waals surface area (Å²) in [5.74, 6) is 0.154. The lowest BCUT2D eigenvalue weighted by atomic mass is 10.0. The van der Waals surface area contributed by atoms with E-state index in [1.807, 2.05) is 24.3 Å². The molecule has 1 aliphatic rings. The molecule has 1 saturated carbocycles. The number of nitrogens with one attached hydrogen (secondary N) is 1. The molecule has 4 nitrogen and oxygen atoms in total. The van der Waals surface area contributed by atoms with Gasteiger partial charge in [-0.2, -0.15) is 5.10 Å². The molecule has 1 aromatic carbocycles. The van der Waals surface area contributed by atoms with Gasteiger partial charge in [-0.25, -0.2) is 4.68 Å². The van der Waals surface area contributed by atoms with Gasteiger partial charge in [-0.3, -0.25) is 4.79 Å². The molecular formula is C16H18ClN3O. The van der Waals surface area contributed by atoms with Crippen LogP contribution in [-0.2, 0) is 0 Å². The highest BCUT2D eigenvalue weighted by atomic mass is 35.5. The lowest BCUT2D eigenvalue weighted by Crippen LogP contribution is -2.26. The molecule has 1 aliphatic carbocycles. The number of halogens is 1. The van der Waals surface area contributed by atoms with Crippen molar-refractivity contribution in [1.82, 2.24) is 15.1 Å². The third kappa shape index (κ3) is 2.95. The normalized spacial score (nSPS) is 14.5. The Bertz CT molecular complexity index is 674. The maximum Gasteiger partial charge on any atom is 0.255 e. The number of benzene rings is 1. The third-order valence-corrected chi connectivity index (χ3v) is 3.80. The first kappa shape index (κ1) is 14.1. The van der Waals surface area contributed by atoms with E-state index < -0.39 is 0 Å². The highest BCUT2D eigenvalue weighted by molar-refractivity contribution is 6.30. The minimum absolute atomic E-state index is 0.0329. The fourth-order valence-electron chi connectivity index (χ4n) is 2.39. The molecule has 0 saturated heterocycles. The summed E-state index contributed by atoms with van der Waals surface area (Å²) in [5.41, 5.74) is 2.43. The molecule has 5 heteroatoms. The Labute approximate surface area is 129 Å². The predicted octanol–water partition coefficient (Wildman–Crippen LogP) is 3.54. The van der Waals surface area contributed by atoms with Crippen LogP contribution in [0.15, 0.2) is 30.5 Å². The van der Waals surface area contributed by atoms with E-state index in [0.717, 1.165) is 24.2 Å². The minimum Gasteiger partial charge on any atom is -0.349 e. The summed E-state index contributed by atoms with van der Waals surface area (Å²) in [5, 5.41) is 8.07. The summed E-state index contributed by atoms with van der Waals surface area (Å²) < 4.78 is 1.80. The molecule has 1 N–H and O–H groups in total. The molecule has 0 atom stereocenters. The Balaban J connectivity index is 2.01. The summed E-state index contributed by atoms with van der Waals surface area (Å²) in [7, 11) is 0. The predicted molar refractivity (Wildman–Crippen MR) is 83.2 cm³/mol. The van der Waals surface area contributed by atoms with Gasteiger partial charge in [-0.05, 0) is 37.0 Å². The molecule has 110 valence electrons. The zero-order chi connectivity index (χ0) is 15.0. The second-order valence-corrected chi connectivity index (χ2v) is 6.17. The second-order valence-electron chi connectivity index (χ2n) is 5.74. The molecular weight excluding hydrogens is 286 g/mol. The highest BCUT2D eigenvalue weighted by Crippen LogP contribution is 2.26. The monoisotopic (exact) mass is 303 g/mol. The highest BCUT2D eigenvalue weighted by Gasteiger charge is 2.27. The maximum absolute atomic E-state index is 12.3. The van der Waals surface area contributed by atoms with Crippen molar-refractivity contribution in [2.24, 2.45) is 0 Å². The van der Waals surface area contributed by atoms with Crippen molar-refractivity contribution in [1.29, 1.82) is 0 Å². The lowest BCUT2D eigenvalue weighted by molar-refractivity contribution is 0.0949. The lowest BCUT2D eigenvalue weighted by Gasteiger charge is -2.13. The van der Waals surface area contributed by atoms with Crippen molar-refractivity contribution in [3.05, 3.63) is 46.7 Å². The summed E-state index contributed by atoms with van der Waals surface area (Å²) in [6.45, 7) is 4.12. The Morgan fingerprint density at radius 1 is 1.43 bits per heavy atom. The molecule has 2 aromatic rings. The van der Waals surface area contributed by atoms with Gasteiger partial charge in [0, 0.05) is 11.1 Å². The number of aromatic nitrogens is 2. The van der Waals surface area contributed by atoms with Gasteiger partial charge < -0.3 is 5.32 Å². The quantitative estimate of drug-likeness (QED) is 0.939. The van der Waals surface area contributed by atoms with Crippen molar-refractivity contribution in [3.63, 3.8) is 0 Å². The van der Waals surface area contributed by atoms with Crippen molar-refractivity contribution in [2.75, 3.05) is 0 Å². The van der Waals surface area contributed by atoms with E-state index in [-0.39, 0.29) is 11.8 Å². The van der Waals surface area contributed by atoms with E-state index in [1.54, 1.807) is 10.9 Å². The molecule has 1 aromatic heterocycles. The maximum atomic E-state index is 12.3. The number of amides is 1. The van der Waals surface area contributed by atoms with Crippen molar-refractivity contribution in [3.8, 4) is 5.69 Å². The fourth-order valence-corrected chi connectivity index (χ4v) is 2.58. The number of hydrogen-bond donors (Lipinski definition) is 1. The molecule has 0 aliphatic heterocycles.